The van der Waals surface area contributed by atoms with Gasteiger partial charge < -0.3 is 14.6 Å². The van der Waals surface area contributed by atoms with Gasteiger partial charge in [-0.1, -0.05) is 60.7 Å². The van der Waals surface area contributed by atoms with E-state index in [9.17, 15) is 9.90 Å². The molecular formula is C18H20O4. The van der Waals surface area contributed by atoms with E-state index in [1.165, 1.54) is 0 Å². The normalized spacial score (nSPS) is 11.9. The predicted octanol–water partition coefficient (Wildman–Crippen LogP) is 2.35. The summed E-state index contributed by atoms with van der Waals surface area (Å²) in [5.74, 6) is -0.746. The van der Waals surface area contributed by atoms with Crippen LogP contribution in [0.15, 0.2) is 60.7 Å². The van der Waals surface area contributed by atoms with E-state index in [0.717, 1.165) is 11.1 Å². The highest BCUT2D eigenvalue weighted by Crippen LogP contribution is 2.03. The molecule has 0 radical (unpaired) electrons. The van der Waals surface area contributed by atoms with Crippen molar-refractivity contribution in [2.24, 2.45) is 0 Å². The molecule has 116 valence electrons. The van der Waals surface area contributed by atoms with Gasteiger partial charge in [0.15, 0.2) is 0 Å². The molecule has 0 bridgehead atoms. The minimum atomic E-state index is -1.53. The van der Waals surface area contributed by atoms with Crippen LogP contribution in [0.3, 0.4) is 0 Å². The molecule has 1 atom stereocenters. The first-order valence-corrected chi connectivity index (χ1v) is 7.30. The molecule has 0 saturated carbocycles. The third-order valence-electron chi connectivity index (χ3n) is 3.19. The molecule has 0 aliphatic carbocycles. The van der Waals surface area contributed by atoms with Gasteiger partial charge in [-0.05, 0) is 17.5 Å². The first-order chi connectivity index (χ1) is 10.8. The van der Waals surface area contributed by atoms with Crippen LogP contribution in [0.5, 0.6) is 0 Å². The molecule has 1 N–H and O–H groups in total. The summed E-state index contributed by atoms with van der Waals surface area (Å²) in [5.41, 5.74) is 2.17. The summed E-state index contributed by atoms with van der Waals surface area (Å²) in [6, 6.07) is 19.4. The molecule has 0 heterocycles. The van der Waals surface area contributed by atoms with Crippen LogP contribution >= 0.6 is 0 Å². The van der Waals surface area contributed by atoms with Gasteiger partial charge in [0.05, 0.1) is 13.2 Å². The third kappa shape index (κ3) is 5.68. The van der Waals surface area contributed by atoms with Gasteiger partial charge in [-0.2, -0.15) is 0 Å². The Morgan fingerprint density at radius 3 is 1.91 bits per heavy atom. The van der Waals surface area contributed by atoms with E-state index < -0.39 is 12.3 Å². The van der Waals surface area contributed by atoms with Gasteiger partial charge in [-0.25, -0.2) is 4.79 Å². The molecule has 0 saturated heterocycles. The Bertz CT molecular complexity index is 554. The Hall–Kier alpha value is -2.17. The second-order valence-corrected chi connectivity index (χ2v) is 4.86. The molecular weight excluding hydrogens is 280 g/mol. The lowest BCUT2D eigenvalue weighted by molar-refractivity contribution is -0.182. The fourth-order valence-corrected chi connectivity index (χ4v) is 1.99. The molecule has 0 aliphatic rings. The SMILES string of the molecule is O=C(OCCc1ccccc1)C(O)OCCc1ccccc1. The number of benzene rings is 2. The number of carbonyl (C=O) groups is 1. The molecule has 2 aromatic rings. The van der Waals surface area contributed by atoms with E-state index in [0.29, 0.717) is 12.8 Å². The Balaban J connectivity index is 1.62. The molecule has 22 heavy (non-hydrogen) atoms. The lowest BCUT2D eigenvalue weighted by atomic mass is 10.2. The highest BCUT2D eigenvalue weighted by molar-refractivity contribution is 5.72. The van der Waals surface area contributed by atoms with Crippen molar-refractivity contribution in [3.8, 4) is 0 Å². The number of aliphatic hydroxyl groups is 1. The standard InChI is InChI=1S/C18H20O4/c19-17(21-13-11-15-7-3-1-4-8-15)18(20)22-14-12-16-9-5-2-6-10-16/h1-10,17,19H,11-14H2. The van der Waals surface area contributed by atoms with Gasteiger partial charge in [-0.15, -0.1) is 0 Å². The summed E-state index contributed by atoms with van der Waals surface area (Å²) in [6.07, 6.45) is -0.280. The maximum Gasteiger partial charge on any atom is 0.363 e. The van der Waals surface area contributed by atoms with Gasteiger partial charge >= 0.3 is 5.97 Å². The van der Waals surface area contributed by atoms with Gasteiger partial charge in [0.2, 0.25) is 0 Å². The molecule has 4 heteroatoms. The zero-order valence-electron chi connectivity index (χ0n) is 12.4. The number of hydrogen-bond acceptors (Lipinski definition) is 4. The van der Waals surface area contributed by atoms with Gasteiger partial charge in [0.1, 0.15) is 0 Å². The topological polar surface area (TPSA) is 55.8 Å². The predicted molar refractivity (Wildman–Crippen MR) is 83.2 cm³/mol. The Kier molecular flexibility index (Phi) is 6.61. The van der Waals surface area contributed by atoms with Crippen molar-refractivity contribution in [2.75, 3.05) is 13.2 Å². The first kappa shape index (κ1) is 16.2. The number of rotatable bonds is 8. The van der Waals surface area contributed by atoms with Crippen LogP contribution in [0.1, 0.15) is 11.1 Å². The van der Waals surface area contributed by atoms with Crippen LogP contribution in [0, 0.1) is 0 Å². The Morgan fingerprint density at radius 2 is 1.36 bits per heavy atom. The number of esters is 1. The molecule has 0 spiro atoms. The van der Waals surface area contributed by atoms with Crippen LogP contribution in [-0.4, -0.2) is 30.6 Å². The molecule has 0 aromatic heterocycles. The van der Waals surface area contributed by atoms with Gasteiger partial charge in [0.25, 0.3) is 6.29 Å². The van der Waals surface area contributed by atoms with Crippen LogP contribution < -0.4 is 0 Å². The second kappa shape index (κ2) is 8.97. The minimum absolute atomic E-state index is 0.224. The quantitative estimate of drug-likeness (QED) is 0.600. The number of ether oxygens (including phenoxy) is 2. The summed E-state index contributed by atoms with van der Waals surface area (Å²) < 4.78 is 10.1. The van der Waals surface area contributed by atoms with Crippen molar-refractivity contribution < 1.29 is 19.4 Å². The average molecular weight is 300 g/mol. The number of hydrogen-bond donors (Lipinski definition) is 1. The first-order valence-electron chi connectivity index (χ1n) is 7.30. The Labute approximate surface area is 130 Å². The summed E-state index contributed by atoms with van der Waals surface area (Å²) >= 11 is 0. The van der Waals surface area contributed by atoms with E-state index in [1.807, 2.05) is 60.7 Å². The smallest absolute Gasteiger partial charge is 0.363 e. The number of carbonyl (C=O) groups excluding carboxylic acids is 1. The largest absolute Gasteiger partial charge is 0.462 e. The summed E-state index contributed by atoms with van der Waals surface area (Å²) in [7, 11) is 0. The highest BCUT2D eigenvalue weighted by atomic mass is 16.6. The maximum absolute atomic E-state index is 11.6. The van der Waals surface area contributed by atoms with Crippen molar-refractivity contribution in [3.63, 3.8) is 0 Å². The van der Waals surface area contributed by atoms with E-state index in [4.69, 9.17) is 9.47 Å². The lowest BCUT2D eigenvalue weighted by Gasteiger charge is -2.11. The highest BCUT2D eigenvalue weighted by Gasteiger charge is 2.16. The zero-order valence-corrected chi connectivity index (χ0v) is 12.4. The van der Waals surface area contributed by atoms with E-state index in [1.54, 1.807) is 0 Å². The van der Waals surface area contributed by atoms with Crippen molar-refractivity contribution in [3.05, 3.63) is 71.8 Å². The molecule has 0 fully saturated rings. The van der Waals surface area contributed by atoms with Gasteiger partial charge in [-0.3, -0.25) is 0 Å². The summed E-state index contributed by atoms with van der Waals surface area (Å²) in [5, 5.41) is 9.60. The maximum atomic E-state index is 11.6. The van der Waals surface area contributed by atoms with Crippen molar-refractivity contribution >= 4 is 5.97 Å². The van der Waals surface area contributed by atoms with E-state index in [-0.39, 0.29) is 13.2 Å². The number of aliphatic hydroxyl groups excluding tert-OH is 1. The molecule has 0 aliphatic heterocycles. The Morgan fingerprint density at radius 1 is 0.864 bits per heavy atom. The second-order valence-electron chi connectivity index (χ2n) is 4.86. The zero-order chi connectivity index (χ0) is 15.6. The van der Waals surface area contributed by atoms with E-state index in [2.05, 4.69) is 0 Å². The van der Waals surface area contributed by atoms with Gasteiger partial charge in [0, 0.05) is 6.42 Å². The molecule has 2 rings (SSSR count). The van der Waals surface area contributed by atoms with Crippen molar-refractivity contribution in [1.29, 1.82) is 0 Å². The fourth-order valence-electron chi connectivity index (χ4n) is 1.99. The van der Waals surface area contributed by atoms with Crippen LogP contribution in [0.2, 0.25) is 0 Å². The minimum Gasteiger partial charge on any atom is -0.462 e. The van der Waals surface area contributed by atoms with Crippen LogP contribution in [0.25, 0.3) is 0 Å². The van der Waals surface area contributed by atoms with E-state index >= 15 is 0 Å². The van der Waals surface area contributed by atoms with Crippen molar-refractivity contribution in [1.82, 2.24) is 0 Å². The molecule has 0 amide bonds. The third-order valence-corrected chi connectivity index (χ3v) is 3.19. The molecule has 4 nitrogen and oxygen atoms in total. The summed E-state index contributed by atoms with van der Waals surface area (Å²) in [6.45, 7) is 0.487. The average Bonchev–Trinajstić information content (AvgIpc) is 2.56. The summed E-state index contributed by atoms with van der Waals surface area (Å²) in [4.78, 5) is 11.6. The van der Waals surface area contributed by atoms with Crippen LogP contribution in [-0.2, 0) is 27.1 Å². The van der Waals surface area contributed by atoms with Crippen molar-refractivity contribution in [2.45, 2.75) is 19.1 Å². The molecule has 1 unspecified atom stereocenters. The monoisotopic (exact) mass is 300 g/mol. The lowest BCUT2D eigenvalue weighted by Crippen LogP contribution is -2.27. The fraction of sp³-hybridized carbons (Fsp3) is 0.278. The molecule has 2 aromatic carbocycles. The van der Waals surface area contributed by atoms with Crippen LogP contribution in [0.4, 0.5) is 0 Å².